The molecule has 5 aromatic carbocycles. The number of anilines is 2. The van der Waals surface area contributed by atoms with Gasteiger partial charge >= 0.3 is 0 Å². The van der Waals surface area contributed by atoms with E-state index in [1.165, 1.54) is 55.5 Å². The molecule has 1 aliphatic heterocycles. The molecule has 0 saturated carbocycles. The summed E-state index contributed by atoms with van der Waals surface area (Å²) in [6.07, 6.45) is 13.4. The molecular formula is C49H44N4. The predicted octanol–water partition coefficient (Wildman–Crippen LogP) is 12.4. The number of hydrogen-bond acceptors (Lipinski definition) is 3. The number of benzene rings is 5. The molecule has 0 N–H and O–H groups in total. The summed E-state index contributed by atoms with van der Waals surface area (Å²) in [5.41, 5.74) is 14.7. The molecule has 7 aromatic rings. The Balaban J connectivity index is 1.09. The fourth-order valence-corrected chi connectivity index (χ4v) is 9.80. The topological polar surface area (TPSA) is 34.0 Å². The van der Waals surface area contributed by atoms with Crippen molar-refractivity contribution in [1.29, 1.82) is 0 Å². The normalized spacial score (nSPS) is 19.2. The number of aromatic nitrogens is 3. The minimum absolute atomic E-state index is 0.104. The minimum atomic E-state index is -0.114. The molecule has 2 aromatic heterocycles. The van der Waals surface area contributed by atoms with Gasteiger partial charge < -0.3 is 4.90 Å². The molecule has 10 rings (SSSR count). The lowest BCUT2D eigenvalue weighted by atomic mass is 9.75. The zero-order valence-electron chi connectivity index (χ0n) is 31.1. The molecule has 2 unspecified atom stereocenters. The van der Waals surface area contributed by atoms with Gasteiger partial charge in [0.05, 0.1) is 22.8 Å². The van der Waals surface area contributed by atoms with Crippen molar-refractivity contribution in [2.75, 3.05) is 4.90 Å². The fraction of sp³-hybridized carbons (Fsp3) is 0.224. The van der Waals surface area contributed by atoms with Crippen LogP contribution in [-0.2, 0) is 10.8 Å². The SMILES string of the molecule is CCC(CC)c1ccc2c(c1)C1(C)C=CC=CC1N2c1cccc(-c2ccnc(-n3c4ccccc4c4cc5c(cc43)C(C)(C)c3ccccc3-5)n2)c1. The second kappa shape index (κ2) is 11.6. The monoisotopic (exact) mass is 688 g/mol. The van der Waals surface area contributed by atoms with Crippen molar-refractivity contribution in [2.45, 2.75) is 70.3 Å². The van der Waals surface area contributed by atoms with Gasteiger partial charge in [-0.05, 0) is 102 Å². The number of hydrogen-bond donors (Lipinski definition) is 0. The molecule has 3 heterocycles. The van der Waals surface area contributed by atoms with Gasteiger partial charge in [-0.25, -0.2) is 9.97 Å². The Labute approximate surface area is 312 Å². The third-order valence-electron chi connectivity index (χ3n) is 12.7. The number of allylic oxidation sites excluding steroid dienone is 2. The molecule has 2 atom stereocenters. The van der Waals surface area contributed by atoms with Gasteiger partial charge in [0, 0.05) is 44.7 Å². The first-order chi connectivity index (χ1) is 25.8. The Bertz CT molecular complexity index is 2670. The van der Waals surface area contributed by atoms with E-state index in [-0.39, 0.29) is 16.9 Å². The highest BCUT2D eigenvalue weighted by atomic mass is 15.2. The molecule has 260 valence electrons. The van der Waals surface area contributed by atoms with Gasteiger partial charge in [-0.3, -0.25) is 4.57 Å². The molecule has 0 spiro atoms. The largest absolute Gasteiger partial charge is 0.333 e. The van der Waals surface area contributed by atoms with Gasteiger partial charge in [0.15, 0.2) is 0 Å². The molecule has 4 heteroatoms. The number of nitrogens with zero attached hydrogens (tertiary/aromatic N) is 4. The molecule has 0 fully saturated rings. The molecule has 4 nitrogen and oxygen atoms in total. The lowest BCUT2D eigenvalue weighted by Gasteiger charge is -2.34. The summed E-state index contributed by atoms with van der Waals surface area (Å²) < 4.78 is 2.26. The van der Waals surface area contributed by atoms with Crippen LogP contribution >= 0.6 is 0 Å². The zero-order valence-corrected chi connectivity index (χ0v) is 31.1. The van der Waals surface area contributed by atoms with Gasteiger partial charge in [-0.2, -0.15) is 0 Å². The van der Waals surface area contributed by atoms with Gasteiger partial charge in [0.1, 0.15) is 0 Å². The van der Waals surface area contributed by atoms with Crippen LogP contribution in [0, 0.1) is 0 Å². The predicted molar refractivity (Wildman–Crippen MR) is 221 cm³/mol. The maximum atomic E-state index is 5.32. The molecule has 53 heavy (non-hydrogen) atoms. The summed E-state index contributed by atoms with van der Waals surface area (Å²) in [4.78, 5) is 12.8. The lowest BCUT2D eigenvalue weighted by molar-refractivity contribution is 0.549. The highest BCUT2D eigenvalue weighted by Gasteiger charge is 2.46. The van der Waals surface area contributed by atoms with E-state index in [2.05, 4.69) is 172 Å². The van der Waals surface area contributed by atoms with E-state index < -0.39 is 0 Å². The number of rotatable bonds is 6. The summed E-state index contributed by atoms with van der Waals surface area (Å²) in [5.74, 6) is 1.26. The lowest BCUT2D eigenvalue weighted by Crippen LogP contribution is -2.39. The molecule has 0 amide bonds. The van der Waals surface area contributed by atoms with Crippen molar-refractivity contribution >= 4 is 33.2 Å². The van der Waals surface area contributed by atoms with Crippen LogP contribution in [0.15, 0.2) is 140 Å². The minimum Gasteiger partial charge on any atom is -0.333 e. The highest BCUT2D eigenvalue weighted by Crippen LogP contribution is 2.53. The Kier molecular flexibility index (Phi) is 7.01. The maximum absolute atomic E-state index is 5.32. The quantitative estimate of drug-likeness (QED) is 0.174. The Morgan fingerprint density at radius 2 is 1.53 bits per heavy atom. The summed E-state index contributed by atoms with van der Waals surface area (Å²) in [7, 11) is 0. The first-order valence-electron chi connectivity index (χ1n) is 19.2. The highest BCUT2D eigenvalue weighted by molar-refractivity contribution is 6.11. The maximum Gasteiger partial charge on any atom is 0.235 e. The van der Waals surface area contributed by atoms with Crippen LogP contribution in [0.4, 0.5) is 11.4 Å². The summed E-state index contributed by atoms with van der Waals surface area (Å²) in [6.45, 7) is 11.7. The van der Waals surface area contributed by atoms with E-state index in [1.807, 2.05) is 12.3 Å². The number of fused-ring (bicyclic) bond motifs is 9. The summed E-state index contributed by atoms with van der Waals surface area (Å²) >= 11 is 0. The van der Waals surface area contributed by atoms with E-state index in [4.69, 9.17) is 9.97 Å². The molecule has 0 bridgehead atoms. The van der Waals surface area contributed by atoms with Gasteiger partial charge in [0.25, 0.3) is 0 Å². The van der Waals surface area contributed by atoms with Crippen molar-refractivity contribution in [3.63, 3.8) is 0 Å². The van der Waals surface area contributed by atoms with Gasteiger partial charge in [0.2, 0.25) is 5.95 Å². The Morgan fingerprint density at radius 1 is 0.698 bits per heavy atom. The third-order valence-corrected chi connectivity index (χ3v) is 12.7. The Morgan fingerprint density at radius 3 is 2.40 bits per heavy atom. The standard InChI is InChI=1S/C49H44N4/c1-6-31(7-2)32-22-23-44-41(28-32)49(5)25-13-12-21-46(49)52(44)34-16-14-15-33(27-34)42-24-26-50-47(51-42)53-43-20-11-9-18-36(43)38-29-37-35-17-8-10-19-39(35)48(3,4)40(37)30-45(38)53/h8-31,46H,6-7H2,1-5H3. The Hall–Kier alpha value is -5.74. The van der Waals surface area contributed by atoms with Crippen molar-refractivity contribution in [2.24, 2.45) is 0 Å². The molecule has 3 aliphatic rings. The van der Waals surface area contributed by atoms with Gasteiger partial charge in [-0.1, -0.05) is 119 Å². The van der Waals surface area contributed by atoms with Crippen molar-refractivity contribution in [3.8, 4) is 28.3 Å². The van der Waals surface area contributed by atoms with Crippen molar-refractivity contribution in [3.05, 3.63) is 162 Å². The smallest absolute Gasteiger partial charge is 0.235 e. The van der Waals surface area contributed by atoms with Crippen LogP contribution in [0.25, 0.3) is 50.1 Å². The van der Waals surface area contributed by atoms with Crippen molar-refractivity contribution in [1.82, 2.24) is 14.5 Å². The van der Waals surface area contributed by atoms with Crippen LogP contribution < -0.4 is 4.90 Å². The van der Waals surface area contributed by atoms with Crippen LogP contribution in [0.3, 0.4) is 0 Å². The van der Waals surface area contributed by atoms with E-state index in [1.54, 1.807) is 0 Å². The summed E-state index contributed by atoms with van der Waals surface area (Å²) in [5, 5.41) is 2.43. The molecular weight excluding hydrogens is 645 g/mol. The van der Waals surface area contributed by atoms with Crippen LogP contribution in [-0.4, -0.2) is 20.6 Å². The first-order valence-corrected chi connectivity index (χ1v) is 19.2. The second-order valence-corrected chi connectivity index (χ2v) is 15.9. The van der Waals surface area contributed by atoms with Crippen LogP contribution in [0.5, 0.6) is 0 Å². The molecule has 0 saturated heterocycles. The first kappa shape index (κ1) is 32.0. The second-order valence-electron chi connectivity index (χ2n) is 15.9. The zero-order chi connectivity index (χ0) is 36.1. The summed E-state index contributed by atoms with van der Waals surface area (Å²) in [6, 6.07) is 40.7. The third kappa shape index (κ3) is 4.54. The van der Waals surface area contributed by atoms with E-state index >= 15 is 0 Å². The molecule has 2 aliphatic carbocycles. The van der Waals surface area contributed by atoms with Gasteiger partial charge in [-0.15, -0.1) is 0 Å². The van der Waals surface area contributed by atoms with E-state index in [0.29, 0.717) is 11.9 Å². The van der Waals surface area contributed by atoms with Crippen molar-refractivity contribution < 1.29 is 0 Å². The fourth-order valence-electron chi connectivity index (χ4n) is 9.80. The number of para-hydroxylation sites is 1. The molecule has 0 radical (unpaired) electrons. The van der Waals surface area contributed by atoms with E-state index in [0.717, 1.165) is 35.1 Å². The van der Waals surface area contributed by atoms with Crippen LogP contribution in [0.2, 0.25) is 0 Å². The average Bonchev–Trinajstić information content (AvgIpc) is 3.74. The average molecular weight is 689 g/mol. The van der Waals surface area contributed by atoms with E-state index in [9.17, 15) is 0 Å². The van der Waals surface area contributed by atoms with Crippen LogP contribution in [0.1, 0.15) is 75.6 Å².